The Bertz CT molecular complexity index is 1000. The molecule has 1 fully saturated rings. The summed E-state index contributed by atoms with van der Waals surface area (Å²) in [7, 11) is 0. The van der Waals surface area contributed by atoms with Gasteiger partial charge < -0.3 is 4.74 Å². The molecule has 1 saturated heterocycles. The van der Waals surface area contributed by atoms with Gasteiger partial charge >= 0.3 is 6.03 Å². The summed E-state index contributed by atoms with van der Waals surface area (Å²) < 4.78 is 6.52. The van der Waals surface area contributed by atoms with Gasteiger partial charge in [0.05, 0.1) is 16.8 Å². The minimum atomic E-state index is -0.796. The van der Waals surface area contributed by atoms with E-state index in [-0.39, 0.29) is 11.7 Å². The zero-order valence-electron chi connectivity index (χ0n) is 15.7. The average molecular weight is 478 g/mol. The van der Waals surface area contributed by atoms with Crippen LogP contribution in [0.4, 0.5) is 10.5 Å². The third kappa shape index (κ3) is 4.68. The van der Waals surface area contributed by atoms with E-state index >= 15 is 0 Å². The number of barbiturate groups is 1. The van der Waals surface area contributed by atoms with Gasteiger partial charge in [-0.3, -0.25) is 14.9 Å². The van der Waals surface area contributed by atoms with E-state index in [1.54, 1.807) is 42.5 Å². The fourth-order valence-corrected chi connectivity index (χ4v) is 3.15. The molecular formula is C21H18BrClN2O4. The summed E-state index contributed by atoms with van der Waals surface area (Å²) in [5, 5.41) is 2.56. The Kier molecular flexibility index (Phi) is 6.39. The Hall–Kier alpha value is -2.64. The summed E-state index contributed by atoms with van der Waals surface area (Å²) in [5.41, 5.74) is 0.721. The number of nitrogens with one attached hydrogen (secondary N) is 1. The second-order valence-electron chi connectivity index (χ2n) is 6.46. The van der Waals surface area contributed by atoms with Crippen LogP contribution in [0.3, 0.4) is 0 Å². The van der Waals surface area contributed by atoms with E-state index in [1.807, 2.05) is 13.8 Å². The van der Waals surface area contributed by atoms with E-state index in [9.17, 15) is 14.4 Å². The summed E-state index contributed by atoms with van der Waals surface area (Å²) >= 11 is 9.58. The third-order valence-electron chi connectivity index (χ3n) is 4.36. The number of carbonyl (C=O) groups excluding carboxylic acids is 3. The van der Waals surface area contributed by atoms with E-state index in [0.29, 0.717) is 22.0 Å². The number of halogens is 2. The molecule has 0 unspecified atom stereocenters. The number of amides is 4. The minimum Gasteiger partial charge on any atom is -0.489 e. The topological polar surface area (TPSA) is 75.7 Å². The molecule has 8 heteroatoms. The first-order chi connectivity index (χ1) is 13.8. The van der Waals surface area contributed by atoms with Gasteiger partial charge in [-0.1, -0.05) is 40.5 Å². The summed E-state index contributed by atoms with van der Waals surface area (Å²) in [6.45, 7) is 3.94. The molecule has 1 atom stereocenters. The van der Waals surface area contributed by atoms with E-state index in [2.05, 4.69) is 21.2 Å². The number of benzene rings is 2. The van der Waals surface area contributed by atoms with Crippen molar-refractivity contribution in [2.75, 3.05) is 4.90 Å². The van der Waals surface area contributed by atoms with Crippen LogP contribution in [0.1, 0.15) is 25.8 Å². The summed E-state index contributed by atoms with van der Waals surface area (Å²) in [4.78, 5) is 38.3. The fourth-order valence-electron chi connectivity index (χ4n) is 2.65. The van der Waals surface area contributed by atoms with Gasteiger partial charge in [0.2, 0.25) is 0 Å². The number of hydrogen-bond acceptors (Lipinski definition) is 4. The molecular weight excluding hydrogens is 460 g/mol. The van der Waals surface area contributed by atoms with Gasteiger partial charge in [0, 0.05) is 4.47 Å². The normalized spacial score (nSPS) is 16.8. The van der Waals surface area contributed by atoms with Crippen molar-refractivity contribution in [2.24, 2.45) is 0 Å². The van der Waals surface area contributed by atoms with Crippen LogP contribution in [-0.2, 0) is 9.59 Å². The maximum absolute atomic E-state index is 12.9. The number of carbonyl (C=O) groups is 3. The van der Waals surface area contributed by atoms with E-state index in [4.69, 9.17) is 16.3 Å². The Morgan fingerprint density at radius 3 is 2.48 bits per heavy atom. The number of ether oxygens (including phenoxy) is 1. The van der Waals surface area contributed by atoms with Crippen molar-refractivity contribution in [1.29, 1.82) is 0 Å². The Morgan fingerprint density at radius 2 is 1.86 bits per heavy atom. The number of hydrogen-bond donors (Lipinski definition) is 1. The quantitative estimate of drug-likeness (QED) is 0.488. The Labute approximate surface area is 181 Å². The predicted molar refractivity (Wildman–Crippen MR) is 115 cm³/mol. The third-order valence-corrected chi connectivity index (χ3v) is 5.18. The van der Waals surface area contributed by atoms with Crippen molar-refractivity contribution in [3.63, 3.8) is 0 Å². The van der Waals surface area contributed by atoms with Crippen LogP contribution < -0.4 is 15.0 Å². The molecule has 0 spiro atoms. The molecule has 2 aromatic carbocycles. The molecule has 0 bridgehead atoms. The van der Waals surface area contributed by atoms with Gasteiger partial charge in [0.15, 0.2) is 0 Å². The molecule has 3 rings (SSSR count). The molecule has 29 heavy (non-hydrogen) atoms. The zero-order valence-corrected chi connectivity index (χ0v) is 18.1. The lowest BCUT2D eigenvalue weighted by Crippen LogP contribution is -2.54. The second-order valence-corrected chi connectivity index (χ2v) is 7.78. The summed E-state index contributed by atoms with van der Waals surface area (Å²) in [5.74, 6) is -0.948. The molecule has 6 nitrogen and oxygen atoms in total. The highest BCUT2D eigenvalue weighted by molar-refractivity contribution is 9.10. The first kappa shape index (κ1) is 21.1. The number of urea groups is 1. The molecule has 0 aliphatic carbocycles. The van der Waals surface area contributed by atoms with Crippen LogP contribution in [0.25, 0.3) is 6.08 Å². The molecule has 0 radical (unpaired) electrons. The average Bonchev–Trinajstić information content (AvgIpc) is 2.68. The number of nitrogens with zero attached hydrogens (tertiary/aromatic N) is 1. The number of imide groups is 2. The maximum Gasteiger partial charge on any atom is 0.335 e. The minimum absolute atomic E-state index is 0.00730. The Balaban J connectivity index is 1.92. The SMILES string of the molecule is CC[C@H](C)Oc1ccc(/C=C2\C(=O)NC(=O)N(c3ccc(Br)cc3)C2=O)cc1Cl. The second kappa shape index (κ2) is 8.80. The maximum atomic E-state index is 12.9. The highest BCUT2D eigenvalue weighted by Crippen LogP contribution is 2.29. The molecule has 1 aliphatic heterocycles. The van der Waals surface area contributed by atoms with Gasteiger partial charge in [0.25, 0.3) is 11.8 Å². The molecule has 1 N–H and O–H groups in total. The number of anilines is 1. The largest absolute Gasteiger partial charge is 0.489 e. The molecule has 2 aromatic rings. The van der Waals surface area contributed by atoms with E-state index in [1.165, 1.54) is 6.08 Å². The van der Waals surface area contributed by atoms with Gasteiger partial charge in [-0.05, 0) is 61.4 Å². The standard InChI is InChI=1S/C21H18BrClN2O4/c1-3-12(2)29-18-9-4-13(11-17(18)23)10-16-19(26)24-21(28)25(20(16)27)15-7-5-14(22)6-8-15/h4-12H,3H2,1-2H3,(H,24,26,28)/b16-10+/t12-/m0/s1. The Morgan fingerprint density at radius 1 is 1.17 bits per heavy atom. The van der Waals surface area contributed by atoms with Crippen molar-refractivity contribution in [1.82, 2.24) is 5.32 Å². The first-order valence-electron chi connectivity index (χ1n) is 8.93. The van der Waals surface area contributed by atoms with Crippen molar-refractivity contribution in [2.45, 2.75) is 26.4 Å². The van der Waals surface area contributed by atoms with Crippen molar-refractivity contribution in [3.8, 4) is 5.75 Å². The van der Waals surface area contributed by atoms with Crippen LogP contribution >= 0.6 is 27.5 Å². The smallest absolute Gasteiger partial charge is 0.335 e. The zero-order chi connectivity index (χ0) is 21.1. The lowest BCUT2D eigenvalue weighted by atomic mass is 10.1. The highest BCUT2D eigenvalue weighted by atomic mass is 79.9. The van der Waals surface area contributed by atoms with Crippen LogP contribution in [0, 0.1) is 0 Å². The monoisotopic (exact) mass is 476 g/mol. The van der Waals surface area contributed by atoms with Crippen LogP contribution in [-0.4, -0.2) is 23.9 Å². The molecule has 150 valence electrons. The van der Waals surface area contributed by atoms with Gasteiger partial charge in [-0.15, -0.1) is 0 Å². The molecule has 4 amide bonds. The lowest BCUT2D eigenvalue weighted by Gasteiger charge is -2.26. The summed E-state index contributed by atoms with van der Waals surface area (Å²) in [6, 6.07) is 10.8. The summed E-state index contributed by atoms with van der Waals surface area (Å²) in [6.07, 6.45) is 2.24. The molecule has 0 aromatic heterocycles. The van der Waals surface area contributed by atoms with Crippen molar-refractivity contribution >= 4 is 57.1 Å². The number of rotatable bonds is 5. The first-order valence-corrected chi connectivity index (χ1v) is 10.1. The molecule has 0 saturated carbocycles. The van der Waals surface area contributed by atoms with Gasteiger partial charge in [-0.2, -0.15) is 0 Å². The van der Waals surface area contributed by atoms with Gasteiger partial charge in [-0.25, -0.2) is 9.69 Å². The molecule has 1 aliphatic rings. The van der Waals surface area contributed by atoms with Gasteiger partial charge in [0.1, 0.15) is 11.3 Å². The lowest BCUT2D eigenvalue weighted by molar-refractivity contribution is -0.122. The van der Waals surface area contributed by atoms with Crippen LogP contribution in [0.5, 0.6) is 5.75 Å². The van der Waals surface area contributed by atoms with E-state index in [0.717, 1.165) is 15.8 Å². The predicted octanol–water partition coefficient (Wildman–Crippen LogP) is 4.95. The van der Waals surface area contributed by atoms with Crippen LogP contribution in [0.2, 0.25) is 5.02 Å². The van der Waals surface area contributed by atoms with Crippen molar-refractivity contribution < 1.29 is 19.1 Å². The van der Waals surface area contributed by atoms with Crippen LogP contribution in [0.15, 0.2) is 52.5 Å². The van der Waals surface area contributed by atoms with Crippen molar-refractivity contribution in [3.05, 3.63) is 63.1 Å². The fraction of sp³-hybridized carbons (Fsp3) is 0.190. The highest BCUT2D eigenvalue weighted by Gasteiger charge is 2.36. The van der Waals surface area contributed by atoms with E-state index < -0.39 is 17.8 Å². The molecule has 1 heterocycles.